The summed E-state index contributed by atoms with van der Waals surface area (Å²) < 4.78 is 1.09. The minimum Gasteiger partial charge on any atom is -0.321 e. The van der Waals surface area contributed by atoms with Crippen LogP contribution in [0.2, 0.25) is 0 Å². The number of aryl methyl sites for hydroxylation is 4. The van der Waals surface area contributed by atoms with Crippen molar-refractivity contribution in [2.45, 2.75) is 27.7 Å². The van der Waals surface area contributed by atoms with Gasteiger partial charge in [-0.25, -0.2) is 0 Å². The van der Waals surface area contributed by atoms with Gasteiger partial charge in [0.25, 0.3) is 5.91 Å². The van der Waals surface area contributed by atoms with E-state index in [1.165, 1.54) is 21.8 Å². The summed E-state index contributed by atoms with van der Waals surface area (Å²) >= 11 is 5.06. The molecule has 0 aliphatic heterocycles. The standard InChI is InChI=1S/C15H16BrNOS/c1-8-7-13(19-11(8)4)15(18)17-12-5-9(2)14(16)10(3)6-12/h5-7H,1-4H3,(H,17,18). The number of anilines is 1. The Kier molecular flexibility index (Phi) is 4.11. The maximum Gasteiger partial charge on any atom is 0.265 e. The summed E-state index contributed by atoms with van der Waals surface area (Å²) in [7, 11) is 0. The molecule has 0 saturated heterocycles. The van der Waals surface area contributed by atoms with Crippen LogP contribution in [0, 0.1) is 27.7 Å². The van der Waals surface area contributed by atoms with Gasteiger partial charge < -0.3 is 5.32 Å². The van der Waals surface area contributed by atoms with E-state index in [4.69, 9.17) is 0 Å². The van der Waals surface area contributed by atoms with Gasteiger partial charge in [-0.1, -0.05) is 15.9 Å². The third-order valence-electron chi connectivity index (χ3n) is 3.08. The molecule has 0 unspecified atom stereocenters. The Bertz CT molecular complexity index is 603. The highest BCUT2D eigenvalue weighted by atomic mass is 79.9. The average molecular weight is 338 g/mol. The second-order valence-electron chi connectivity index (χ2n) is 4.73. The number of benzene rings is 1. The van der Waals surface area contributed by atoms with E-state index in [0.29, 0.717) is 0 Å². The summed E-state index contributed by atoms with van der Waals surface area (Å²) in [6.45, 7) is 8.10. The van der Waals surface area contributed by atoms with Gasteiger partial charge in [0.05, 0.1) is 4.88 Å². The van der Waals surface area contributed by atoms with Crippen molar-refractivity contribution in [3.8, 4) is 0 Å². The van der Waals surface area contributed by atoms with E-state index in [0.717, 1.165) is 26.2 Å². The molecule has 1 heterocycles. The second-order valence-corrected chi connectivity index (χ2v) is 6.78. The van der Waals surface area contributed by atoms with Crippen LogP contribution in [0.15, 0.2) is 22.7 Å². The van der Waals surface area contributed by atoms with E-state index in [2.05, 4.69) is 21.2 Å². The summed E-state index contributed by atoms with van der Waals surface area (Å²) in [5.41, 5.74) is 4.24. The van der Waals surface area contributed by atoms with Crippen molar-refractivity contribution in [3.63, 3.8) is 0 Å². The summed E-state index contributed by atoms with van der Waals surface area (Å²) in [6.07, 6.45) is 0. The van der Waals surface area contributed by atoms with Gasteiger partial charge in [0, 0.05) is 15.0 Å². The zero-order valence-corrected chi connectivity index (χ0v) is 13.8. The first-order valence-electron chi connectivity index (χ1n) is 6.03. The summed E-state index contributed by atoms with van der Waals surface area (Å²) in [4.78, 5) is 14.1. The predicted octanol–water partition coefficient (Wildman–Crippen LogP) is 5.00. The molecule has 0 saturated carbocycles. The molecule has 2 rings (SSSR count). The van der Waals surface area contributed by atoms with Crippen molar-refractivity contribution in [1.82, 2.24) is 0 Å². The van der Waals surface area contributed by atoms with E-state index in [1.54, 1.807) is 0 Å². The zero-order valence-electron chi connectivity index (χ0n) is 11.4. The van der Waals surface area contributed by atoms with Gasteiger partial charge >= 0.3 is 0 Å². The molecular formula is C15H16BrNOS. The molecule has 2 aromatic rings. The molecule has 4 heteroatoms. The van der Waals surface area contributed by atoms with Crippen LogP contribution in [-0.2, 0) is 0 Å². The normalized spacial score (nSPS) is 10.6. The van der Waals surface area contributed by atoms with E-state index in [1.807, 2.05) is 45.9 Å². The fourth-order valence-corrected chi connectivity index (χ4v) is 3.05. The monoisotopic (exact) mass is 337 g/mol. The molecule has 100 valence electrons. The maximum atomic E-state index is 12.2. The lowest BCUT2D eigenvalue weighted by molar-refractivity contribution is 0.103. The van der Waals surface area contributed by atoms with Gasteiger partial charge in [0.2, 0.25) is 0 Å². The molecule has 0 bridgehead atoms. The molecule has 1 N–H and O–H groups in total. The van der Waals surface area contributed by atoms with Crippen LogP contribution in [0.1, 0.15) is 31.2 Å². The first kappa shape index (κ1) is 14.3. The van der Waals surface area contributed by atoms with Crippen molar-refractivity contribution >= 4 is 38.9 Å². The molecule has 0 spiro atoms. The van der Waals surface area contributed by atoms with Crippen LogP contribution >= 0.6 is 27.3 Å². The zero-order chi connectivity index (χ0) is 14.2. The Hall–Kier alpha value is -1.13. The van der Waals surface area contributed by atoms with Crippen molar-refractivity contribution in [2.75, 3.05) is 5.32 Å². The fourth-order valence-electron chi connectivity index (χ4n) is 1.90. The van der Waals surface area contributed by atoms with Gasteiger partial charge in [0.15, 0.2) is 0 Å². The lowest BCUT2D eigenvalue weighted by Crippen LogP contribution is -2.10. The SMILES string of the molecule is Cc1cc(C(=O)Nc2cc(C)c(Br)c(C)c2)sc1C. The van der Waals surface area contributed by atoms with E-state index < -0.39 is 0 Å². The molecule has 0 aliphatic rings. The molecular weight excluding hydrogens is 322 g/mol. The molecule has 0 atom stereocenters. The van der Waals surface area contributed by atoms with Gasteiger partial charge in [-0.05, 0) is 62.6 Å². The maximum absolute atomic E-state index is 12.2. The minimum absolute atomic E-state index is 0.0395. The highest BCUT2D eigenvalue weighted by molar-refractivity contribution is 9.10. The Labute approximate surface area is 126 Å². The van der Waals surface area contributed by atoms with Crippen LogP contribution in [0.3, 0.4) is 0 Å². The molecule has 0 aliphatic carbocycles. The van der Waals surface area contributed by atoms with Crippen LogP contribution in [-0.4, -0.2) is 5.91 Å². The predicted molar refractivity (Wildman–Crippen MR) is 85.4 cm³/mol. The molecule has 1 aromatic heterocycles. The van der Waals surface area contributed by atoms with Crippen molar-refractivity contribution < 1.29 is 4.79 Å². The number of thiophene rings is 1. The van der Waals surface area contributed by atoms with Crippen molar-refractivity contribution in [2.24, 2.45) is 0 Å². The van der Waals surface area contributed by atoms with Gasteiger partial charge in [0.1, 0.15) is 0 Å². The number of carbonyl (C=O) groups excluding carboxylic acids is 1. The largest absolute Gasteiger partial charge is 0.321 e. The van der Waals surface area contributed by atoms with Gasteiger partial charge in [-0.2, -0.15) is 0 Å². The van der Waals surface area contributed by atoms with Crippen LogP contribution in [0.25, 0.3) is 0 Å². The summed E-state index contributed by atoms with van der Waals surface area (Å²) in [5.74, 6) is -0.0395. The van der Waals surface area contributed by atoms with E-state index in [-0.39, 0.29) is 5.91 Å². The first-order valence-corrected chi connectivity index (χ1v) is 7.64. The average Bonchev–Trinajstić information content (AvgIpc) is 2.66. The number of rotatable bonds is 2. The Balaban J connectivity index is 2.24. The first-order chi connectivity index (χ1) is 8.88. The number of nitrogens with one attached hydrogen (secondary N) is 1. The van der Waals surface area contributed by atoms with E-state index >= 15 is 0 Å². The number of hydrogen-bond acceptors (Lipinski definition) is 2. The number of amides is 1. The van der Waals surface area contributed by atoms with E-state index in [9.17, 15) is 4.79 Å². The Morgan fingerprint density at radius 3 is 2.11 bits per heavy atom. The molecule has 1 amide bonds. The Morgan fingerprint density at radius 2 is 1.63 bits per heavy atom. The van der Waals surface area contributed by atoms with Crippen LogP contribution in [0.4, 0.5) is 5.69 Å². The van der Waals surface area contributed by atoms with Crippen LogP contribution in [0.5, 0.6) is 0 Å². The molecule has 2 nitrogen and oxygen atoms in total. The van der Waals surface area contributed by atoms with Gasteiger partial charge in [-0.15, -0.1) is 11.3 Å². The molecule has 19 heavy (non-hydrogen) atoms. The Morgan fingerprint density at radius 1 is 1.05 bits per heavy atom. The third-order valence-corrected chi connectivity index (χ3v) is 5.49. The number of hydrogen-bond donors (Lipinski definition) is 1. The molecule has 0 radical (unpaired) electrons. The number of carbonyl (C=O) groups is 1. The molecule has 1 aromatic carbocycles. The highest BCUT2D eigenvalue weighted by Crippen LogP contribution is 2.26. The second kappa shape index (κ2) is 5.47. The summed E-state index contributed by atoms with van der Waals surface area (Å²) in [5, 5.41) is 2.96. The highest BCUT2D eigenvalue weighted by Gasteiger charge is 2.11. The van der Waals surface area contributed by atoms with Crippen molar-refractivity contribution in [1.29, 1.82) is 0 Å². The summed E-state index contributed by atoms with van der Waals surface area (Å²) in [6, 6.07) is 5.89. The quantitative estimate of drug-likeness (QED) is 0.821. The van der Waals surface area contributed by atoms with Crippen LogP contribution < -0.4 is 5.32 Å². The third kappa shape index (κ3) is 3.07. The molecule has 0 fully saturated rings. The van der Waals surface area contributed by atoms with Crippen molar-refractivity contribution in [3.05, 3.63) is 49.1 Å². The smallest absolute Gasteiger partial charge is 0.265 e. The fraction of sp³-hybridized carbons (Fsp3) is 0.267. The lowest BCUT2D eigenvalue weighted by Gasteiger charge is -2.08. The minimum atomic E-state index is -0.0395. The topological polar surface area (TPSA) is 29.1 Å². The lowest BCUT2D eigenvalue weighted by atomic mass is 10.1. The number of halogens is 1. The van der Waals surface area contributed by atoms with Gasteiger partial charge in [-0.3, -0.25) is 4.79 Å².